The van der Waals surface area contributed by atoms with Gasteiger partial charge in [-0.3, -0.25) is 4.68 Å². The molecule has 0 bridgehead atoms. The van der Waals surface area contributed by atoms with Crippen LogP contribution in [0.3, 0.4) is 0 Å². The second-order valence-electron chi connectivity index (χ2n) is 6.66. The molecule has 1 fully saturated rings. The maximum atomic E-state index is 6.60. The first-order chi connectivity index (χ1) is 10.1. The molecule has 0 amide bonds. The third kappa shape index (κ3) is 3.81. The van der Waals surface area contributed by atoms with Gasteiger partial charge in [0.2, 0.25) is 0 Å². The van der Waals surface area contributed by atoms with E-state index in [0.29, 0.717) is 5.41 Å². The SMILES string of the molecule is CCCNCC(C)(Cc1c(Cl)c(CC)nn1CC)C1CC1. The first kappa shape index (κ1) is 16.8. The van der Waals surface area contributed by atoms with Gasteiger partial charge in [0.15, 0.2) is 0 Å². The lowest BCUT2D eigenvalue weighted by atomic mass is 9.80. The molecule has 120 valence electrons. The van der Waals surface area contributed by atoms with Gasteiger partial charge in [0.25, 0.3) is 0 Å². The lowest BCUT2D eigenvalue weighted by Crippen LogP contribution is -2.36. The van der Waals surface area contributed by atoms with Crippen LogP contribution in [0.15, 0.2) is 0 Å². The summed E-state index contributed by atoms with van der Waals surface area (Å²) < 4.78 is 2.11. The van der Waals surface area contributed by atoms with Gasteiger partial charge in [0, 0.05) is 13.1 Å². The minimum atomic E-state index is 0.302. The summed E-state index contributed by atoms with van der Waals surface area (Å²) in [5.41, 5.74) is 2.59. The second-order valence-corrected chi connectivity index (χ2v) is 7.04. The zero-order valence-electron chi connectivity index (χ0n) is 14.0. The number of rotatable bonds is 9. The van der Waals surface area contributed by atoms with E-state index < -0.39 is 0 Å². The molecule has 1 N–H and O–H groups in total. The van der Waals surface area contributed by atoms with Crippen LogP contribution in [0.4, 0.5) is 0 Å². The largest absolute Gasteiger partial charge is 0.316 e. The lowest BCUT2D eigenvalue weighted by Gasteiger charge is -2.30. The molecule has 0 spiro atoms. The Balaban J connectivity index is 2.18. The van der Waals surface area contributed by atoms with E-state index >= 15 is 0 Å². The van der Waals surface area contributed by atoms with Gasteiger partial charge in [0.1, 0.15) is 0 Å². The van der Waals surface area contributed by atoms with Gasteiger partial charge in [-0.15, -0.1) is 0 Å². The van der Waals surface area contributed by atoms with E-state index in [4.69, 9.17) is 11.6 Å². The van der Waals surface area contributed by atoms with Gasteiger partial charge in [-0.1, -0.05) is 32.4 Å². The quantitative estimate of drug-likeness (QED) is 0.696. The number of aryl methyl sites for hydroxylation is 2. The van der Waals surface area contributed by atoms with E-state index in [0.717, 1.165) is 49.1 Å². The molecule has 4 heteroatoms. The van der Waals surface area contributed by atoms with Crippen molar-refractivity contribution in [3.63, 3.8) is 0 Å². The van der Waals surface area contributed by atoms with Crippen molar-refractivity contribution in [2.45, 2.75) is 66.3 Å². The van der Waals surface area contributed by atoms with Gasteiger partial charge >= 0.3 is 0 Å². The molecule has 3 nitrogen and oxygen atoms in total. The Labute approximate surface area is 134 Å². The maximum Gasteiger partial charge on any atom is 0.0850 e. The third-order valence-corrected chi connectivity index (χ3v) is 5.22. The fraction of sp³-hybridized carbons (Fsp3) is 0.824. The van der Waals surface area contributed by atoms with Crippen molar-refractivity contribution in [3.05, 3.63) is 16.4 Å². The van der Waals surface area contributed by atoms with Gasteiger partial charge < -0.3 is 5.32 Å². The summed E-state index contributed by atoms with van der Waals surface area (Å²) in [7, 11) is 0. The van der Waals surface area contributed by atoms with Crippen molar-refractivity contribution >= 4 is 11.6 Å². The molecule has 1 atom stereocenters. The zero-order chi connectivity index (χ0) is 15.5. The molecule has 1 aromatic heterocycles. The number of hydrogen-bond acceptors (Lipinski definition) is 2. The number of hydrogen-bond donors (Lipinski definition) is 1. The molecular formula is C17H30ClN3. The Bertz CT molecular complexity index is 465. The number of nitrogens with one attached hydrogen (secondary N) is 1. The van der Waals surface area contributed by atoms with E-state index in [9.17, 15) is 0 Å². The molecule has 21 heavy (non-hydrogen) atoms. The summed E-state index contributed by atoms with van der Waals surface area (Å²) >= 11 is 6.60. The highest BCUT2D eigenvalue weighted by molar-refractivity contribution is 6.31. The van der Waals surface area contributed by atoms with Gasteiger partial charge in [-0.25, -0.2) is 0 Å². The third-order valence-electron chi connectivity index (χ3n) is 4.78. The fourth-order valence-corrected chi connectivity index (χ4v) is 3.59. The van der Waals surface area contributed by atoms with Crippen LogP contribution >= 0.6 is 11.6 Å². The summed E-state index contributed by atoms with van der Waals surface area (Å²) in [6.07, 6.45) is 5.86. The monoisotopic (exact) mass is 311 g/mol. The Kier molecular flexibility index (Phi) is 5.73. The van der Waals surface area contributed by atoms with E-state index in [1.54, 1.807) is 0 Å². The predicted octanol–water partition coefficient (Wildman–Crippen LogP) is 4.08. The standard InChI is InChI=1S/C17H30ClN3/c1-5-10-19-12-17(4,13-8-9-13)11-15-16(18)14(6-2)20-21(15)7-3/h13,19H,5-12H2,1-4H3. The number of halogens is 1. The van der Waals surface area contributed by atoms with Crippen LogP contribution in [0.2, 0.25) is 5.02 Å². The van der Waals surface area contributed by atoms with Crippen molar-refractivity contribution in [2.75, 3.05) is 13.1 Å². The normalized spacial score (nSPS) is 18.0. The van der Waals surface area contributed by atoms with Crippen LogP contribution in [0, 0.1) is 11.3 Å². The highest BCUT2D eigenvalue weighted by Gasteiger charge is 2.42. The van der Waals surface area contributed by atoms with E-state index in [2.05, 4.69) is 42.8 Å². The van der Waals surface area contributed by atoms with Gasteiger partial charge in [0.05, 0.1) is 16.4 Å². The number of nitrogens with zero attached hydrogens (tertiary/aromatic N) is 2. The molecule has 1 unspecified atom stereocenters. The molecule has 1 aliphatic rings. The van der Waals surface area contributed by atoms with Crippen LogP contribution < -0.4 is 5.32 Å². The van der Waals surface area contributed by atoms with Crippen LogP contribution in [-0.4, -0.2) is 22.9 Å². The first-order valence-corrected chi connectivity index (χ1v) is 8.88. The average Bonchev–Trinajstić information content (AvgIpc) is 3.28. The Hall–Kier alpha value is -0.540. The maximum absolute atomic E-state index is 6.60. The average molecular weight is 312 g/mol. The second kappa shape index (κ2) is 7.15. The molecule has 1 aromatic rings. The molecule has 0 saturated heterocycles. The minimum absolute atomic E-state index is 0.302. The highest BCUT2D eigenvalue weighted by Crippen LogP contribution is 2.47. The summed E-state index contributed by atoms with van der Waals surface area (Å²) in [6, 6.07) is 0. The minimum Gasteiger partial charge on any atom is -0.316 e. The molecule has 1 saturated carbocycles. The van der Waals surface area contributed by atoms with E-state index in [1.165, 1.54) is 25.0 Å². The zero-order valence-corrected chi connectivity index (χ0v) is 14.8. The molecule has 2 rings (SSSR count). The molecule has 1 heterocycles. The Morgan fingerprint density at radius 3 is 2.57 bits per heavy atom. The summed E-state index contributed by atoms with van der Waals surface area (Å²) in [5.74, 6) is 0.836. The molecule has 1 aliphatic carbocycles. The lowest BCUT2D eigenvalue weighted by molar-refractivity contribution is 0.250. The number of aromatic nitrogens is 2. The van der Waals surface area contributed by atoms with E-state index in [-0.39, 0.29) is 0 Å². The Morgan fingerprint density at radius 1 is 1.33 bits per heavy atom. The van der Waals surface area contributed by atoms with Crippen LogP contribution in [0.1, 0.15) is 58.3 Å². The summed E-state index contributed by atoms with van der Waals surface area (Å²) in [6.45, 7) is 12.0. The van der Waals surface area contributed by atoms with Crippen LogP contribution in [-0.2, 0) is 19.4 Å². The first-order valence-electron chi connectivity index (χ1n) is 8.50. The van der Waals surface area contributed by atoms with Gasteiger partial charge in [-0.05, 0) is 56.9 Å². The van der Waals surface area contributed by atoms with Crippen molar-refractivity contribution in [1.29, 1.82) is 0 Å². The van der Waals surface area contributed by atoms with E-state index in [1.807, 2.05) is 0 Å². The van der Waals surface area contributed by atoms with Crippen LogP contribution in [0.25, 0.3) is 0 Å². The van der Waals surface area contributed by atoms with Crippen molar-refractivity contribution in [1.82, 2.24) is 15.1 Å². The van der Waals surface area contributed by atoms with Crippen molar-refractivity contribution < 1.29 is 0 Å². The fourth-order valence-electron chi connectivity index (χ4n) is 3.25. The molecule has 0 radical (unpaired) electrons. The van der Waals surface area contributed by atoms with Crippen molar-refractivity contribution in [3.8, 4) is 0 Å². The molecule has 0 aromatic carbocycles. The van der Waals surface area contributed by atoms with Crippen molar-refractivity contribution in [2.24, 2.45) is 11.3 Å². The predicted molar refractivity (Wildman–Crippen MR) is 90.0 cm³/mol. The smallest absolute Gasteiger partial charge is 0.0850 e. The van der Waals surface area contributed by atoms with Crippen LogP contribution in [0.5, 0.6) is 0 Å². The Morgan fingerprint density at radius 2 is 2.05 bits per heavy atom. The summed E-state index contributed by atoms with van der Waals surface area (Å²) in [4.78, 5) is 0. The molecular weight excluding hydrogens is 282 g/mol. The summed E-state index contributed by atoms with van der Waals surface area (Å²) in [5, 5.41) is 9.20. The highest BCUT2D eigenvalue weighted by atomic mass is 35.5. The van der Waals surface area contributed by atoms with Gasteiger partial charge in [-0.2, -0.15) is 5.10 Å². The topological polar surface area (TPSA) is 29.9 Å². The molecule has 0 aliphatic heterocycles.